The third-order valence-corrected chi connectivity index (χ3v) is 5.97. The Labute approximate surface area is 175 Å². The van der Waals surface area contributed by atoms with Crippen LogP contribution in [0.3, 0.4) is 0 Å². The van der Waals surface area contributed by atoms with Gasteiger partial charge in [-0.1, -0.05) is 60.7 Å². The van der Waals surface area contributed by atoms with Crippen LogP contribution in [0.15, 0.2) is 66.7 Å². The van der Waals surface area contributed by atoms with Crippen LogP contribution >= 0.6 is 0 Å². The second kappa shape index (κ2) is 8.14. The molecule has 0 aliphatic carbocycles. The number of rotatable bonds is 6. The molecule has 0 radical (unpaired) electrons. The van der Waals surface area contributed by atoms with E-state index in [1.165, 1.54) is 38.9 Å². The highest BCUT2D eigenvalue weighted by atomic mass is 16.5. The maximum atomic E-state index is 5.97. The van der Waals surface area contributed by atoms with E-state index in [2.05, 4.69) is 101 Å². The third-order valence-electron chi connectivity index (χ3n) is 5.97. The highest BCUT2D eigenvalue weighted by Crippen LogP contribution is 2.45. The minimum Gasteiger partial charge on any atom is -0.374 e. The predicted molar refractivity (Wildman–Crippen MR) is 122 cm³/mol. The smallest absolute Gasteiger partial charge is 0.0880 e. The first-order chi connectivity index (χ1) is 13.7. The van der Waals surface area contributed by atoms with Crippen LogP contribution in [0, 0.1) is 6.92 Å². The first-order valence-electron chi connectivity index (χ1n) is 10.1. The van der Waals surface area contributed by atoms with Crippen LogP contribution < -0.4 is 0 Å². The van der Waals surface area contributed by atoms with E-state index < -0.39 is 11.2 Å². The molecule has 0 heterocycles. The summed E-state index contributed by atoms with van der Waals surface area (Å²) in [6.45, 7) is 10.7. The molecule has 0 N–H and O–H groups in total. The summed E-state index contributed by atoms with van der Waals surface area (Å²) >= 11 is 0. The van der Waals surface area contributed by atoms with E-state index in [0.717, 1.165) is 0 Å². The van der Waals surface area contributed by atoms with Gasteiger partial charge in [0.15, 0.2) is 0 Å². The minimum absolute atomic E-state index is 0.441. The van der Waals surface area contributed by atoms with E-state index in [1.54, 1.807) is 14.2 Å². The predicted octanol–water partition coefficient (Wildman–Crippen LogP) is 7.09. The summed E-state index contributed by atoms with van der Waals surface area (Å²) in [7, 11) is 3.56. The quantitative estimate of drug-likeness (QED) is 0.449. The number of ether oxygens (including phenoxy) is 2. The van der Waals surface area contributed by atoms with Gasteiger partial charge in [0.25, 0.3) is 0 Å². The van der Waals surface area contributed by atoms with Crippen molar-refractivity contribution in [2.45, 2.75) is 45.8 Å². The number of methoxy groups -OCH3 is 2. The zero-order valence-electron chi connectivity index (χ0n) is 18.7. The van der Waals surface area contributed by atoms with Crippen LogP contribution in [0.4, 0.5) is 0 Å². The molecule has 3 rings (SSSR count). The molecule has 0 amide bonds. The normalized spacial score (nSPS) is 12.2. The van der Waals surface area contributed by atoms with Crippen molar-refractivity contribution in [3.05, 3.63) is 83.4 Å². The Kier molecular flexibility index (Phi) is 5.97. The maximum Gasteiger partial charge on any atom is 0.0880 e. The number of hydrogen-bond acceptors (Lipinski definition) is 2. The SMILES string of the molecule is COC(C)(C)c1c(-c2ccccc2)cc(-c2ccccc2)c(C(C)(C)OC)c1C. The fraction of sp³-hybridized carbons (Fsp3) is 0.333. The van der Waals surface area contributed by atoms with Gasteiger partial charge in [0.05, 0.1) is 11.2 Å². The van der Waals surface area contributed by atoms with Gasteiger partial charge in [-0.15, -0.1) is 0 Å². The van der Waals surface area contributed by atoms with Crippen molar-refractivity contribution in [1.82, 2.24) is 0 Å². The maximum absolute atomic E-state index is 5.97. The Morgan fingerprint density at radius 1 is 0.586 bits per heavy atom. The Bertz CT molecular complexity index is 893. The van der Waals surface area contributed by atoms with Crippen molar-refractivity contribution < 1.29 is 9.47 Å². The lowest BCUT2D eigenvalue weighted by molar-refractivity contribution is 0.0130. The molecule has 3 aromatic carbocycles. The molecule has 0 saturated carbocycles. The molecule has 29 heavy (non-hydrogen) atoms. The highest BCUT2D eigenvalue weighted by Gasteiger charge is 2.34. The Morgan fingerprint density at radius 2 is 0.931 bits per heavy atom. The molecule has 152 valence electrons. The molecule has 0 saturated heterocycles. The van der Waals surface area contributed by atoms with E-state index in [9.17, 15) is 0 Å². The lowest BCUT2D eigenvalue weighted by atomic mass is 9.76. The van der Waals surface area contributed by atoms with E-state index in [0.29, 0.717) is 0 Å². The topological polar surface area (TPSA) is 18.5 Å². The van der Waals surface area contributed by atoms with Crippen molar-refractivity contribution in [3.63, 3.8) is 0 Å². The lowest BCUT2D eigenvalue weighted by Crippen LogP contribution is -2.28. The van der Waals surface area contributed by atoms with Gasteiger partial charge >= 0.3 is 0 Å². The second-order valence-corrected chi connectivity index (χ2v) is 8.51. The fourth-order valence-electron chi connectivity index (χ4n) is 4.26. The molecular formula is C27H32O2. The summed E-state index contributed by atoms with van der Waals surface area (Å²) in [6.07, 6.45) is 0. The number of hydrogen-bond donors (Lipinski definition) is 0. The van der Waals surface area contributed by atoms with E-state index in [1.807, 2.05) is 0 Å². The van der Waals surface area contributed by atoms with E-state index in [-0.39, 0.29) is 0 Å². The average Bonchev–Trinajstić information content (AvgIpc) is 2.73. The molecule has 0 aliphatic heterocycles. The van der Waals surface area contributed by atoms with Gasteiger partial charge in [0.2, 0.25) is 0 Å². The number of benzene rings is 3. The largest absolute Gasteiger partial charge is 0.374 e. The molecule has 0 aromatic heterocycles. The average molecular weight is 389 g/mol. The molecular weight excluding hydrogens is 356 g/mol. The minimum atomic E-state index is -0.441. The first kappa shape index (κ1) is 21.3. The van der Waals surface area contributed by atoms with Crippen molar-refractivity contribution in [2.75, 3.05) is 14.2 Å². The van der Waals surface area contributed by atoms with Crippen LogP contribution in [0.2, 0.25) is 0 Å². The third kappa shape index (κ3) is 4.01. The van der Waals surface area contributed by atoms with Gasteiger partial charge in [-0.05, 0) is 79.6 Å². The zero-order chi connectivity index (χ0) is 21.2. The van der Waals surface area contributed by atoms with Crippen molar-refractivity contribution in [3.8, 4) is 22.3 Å². The van der Waals surface area contributed by atoms with E-state index >= 15 is 0 Å². The Hall–Kier alpha value is -2.42. The van der Waals surface area contributed by atoms with Gasteiger partial charge in [0.1, 0.15) is 0 Å². The van der Waals surface area contributed by atoms with E-state index in [4.69, 9.17) is 9.47 Å². The van der Waals surface area contributed by atoms with Crippen LogP contribution in [0.1, 0.15) is 44.4 Å². The monoisotopic (exact) mass is 388 g/mol. The van der Waals surface area contributed by atoms with Crippen molar-refractivity contribution >= 4 is 0 Å². The summed E-state index contributed by atoms with van der Waals surface area (Å²) < 4.78 is 11.9. The summed E-state index contributed by atoms with van der Waals surface area (Å²) in [5.74, 6) is 0. The first-order valence-corrected chi connectivity index (χ1v) is 10.1. The molecule has 3 aromatic rings. The van der Waals surface area contributed by atoms with Crippen LogP contribution in [-0.2, 0) is 20.7 Å². The van der Waals surface area contributed by atoms with Gasteiger partial charge in [-0.3, -0.25) is 0 Å². The van der Waals surface area contributed by atoms with Crippen LogP contribution in [0.25, 0.3) is 22.3 Å². The molecule has 0 spiro atoms. The van der Waals surface area contributed by atoms with Crippen molar-refractivity contribution in [1.29, 1.82) is 0 Å². The molecule has 2 heteroatoms. The summed E-state index contributed by atoms with van der Waals surface area (Å²) in [4.78, 5) is 0. The summed E-state index contributed by atoms with van der Waals surface area (Å²) in [5.41, 5.74) is 7.51. The molecule has 0 aliphatic rings. The van der Waals surface area contributed by atoms with Gasteiger partial charge in [-0.2, -0.15) is 0 Å². The summed E-state index contributed by atoms with van der Waals surface area (Å²) in [6, 6.07) is 23.4. The lowest BCUT2D eigenvalue weighted by Gasteiger charge is -2.35. The van der Waals surface area contributed by atoms with Crippen molar-refractivity contribution in [2.24, 2.45) is 0 Å². The van der Waals surface area contributed by atoms with Gasteiger partial charge in [-0.25, -0.2) is 0 Å². The summed E-state index contributed by atoms with van der Waals surface area (Å²) in [5, 5.41) is 0. The fourth-order valence-corrected chi connectivity index (χ4v) is 4.26. The Morgan fingerprint density at radius 3 is 1.24 bits per heavy atom. The highest BCUT2D eigenvalue weighted by molar-refractivity contribution is 5.81. The zero-order valence-corrected chi connectivity index (χ0v) is 18.7. The molecule has 0 unspecified atom stereocenters. The van der Waals surface area contributed by atoms with Gasteiger partial charge in [0, 0.05) is 14.2 Å². The molecule has 0 atom stereocenters. The van der Waals surface area contributed by atoms with Crippen LogP contribution in [0.5, 0.6) is 0 Å². The molecule has 0 bridgehead atoms. The molecule has 2 nitrogen and oxygen atoms in total. The van der Waals surface area contributed by atoms with Gasteiger partial charge < -0.3 is 9.47 Å². The van der Waals surface area contributed by atoms with Crippen LogP contribution in [-0.4, -0.2) is 14.2 Å². The Balaban J connectivity index is 2.48. The second-order valence-electron chi connectivity index (χ2n) is 8.51. The standard InChI is InChI=1S/C27H32O2/c1-19-24(26(2,3)28-6)22(20-14-10-8-11-15-20)18-23(21-16-12-9-13-17-21)25(19)27(4,5)29-7/h8-18H,1-7H3. The molecule has 0 fully saturated rings.